The van der Waals surface area contributed by atoms with Crippen LogP contribution in [0, 0.1) is 35.0 Å². The molecule has 2 aromatic carbocycles. The van der Waals surface area contributed by atoms with Gasteiger partial charge in [-0.3, -0.25) is 10.1 Å². The normalized spacial score (nSPS) is 35.3. The van der Waals surface area contributed by atoms with Crippen molar-refractivity contribution in [3.8, 4) is 58.0 Å². The number of H-pyrrole nitrogens is 1. The molecule has 4 aromatic rings. The number of hydrogen-bond donors (Lipinski definition) is 14. The third kappa shape index (κ3) is 7.19. The van der Waals surface area contributed by atoms with Crippen LogP contribution in [0.3, 0.4) is 0 Å². The van der Waals surface area contributed by atoms with E-state index < -0.39 is 118 Å². The fourth-order valence-electron chi connectivity index (χ4n) is 13.0. The van der Waals surface area contributed by atoms with E-state index in [1.54, 1.807) is 24.5 Å². The molecule has 2 aromatic heterocycles. The fraction of sp³-hybridized carbons (Fsp3) is 0.446. The number of fused-ring (bicyclic) bond motifs is 6. The van der Waals surface area contributed by atoms with Crippen molar-refractivity contribution in [3.63, 3.8) is 0 Å². The number of allylic oxidation sites excluding steroid dienone is 3. The Hall–Kier alpha value is -7.19. The highest BCUT2D eigenvalue weighted by atomic mass is 16.8. The van der Waals surface area contributed by atoms with Crippen molar-refractivity contribution in [1.82, 2.24) is 15.6 Å². The van der Waals surface area contributed by atoms with Crippen molar-refractivity contribution in [1.29, 1.82) is 0 Å². The molecular formula is C56H55N3O19. The number of aliphatic hydroxyl groups excluding tert-OH is 6. The molecule has 2 aliphatic carbocycles. The molecule has 13 atom stereocenters. The van der Waals surface area contributed by atoms with Crippen LogP contribution in [0.1, 0.15) is 73.8 Å². The summed E-state index contributed by atoms with van der Waals surface area (Å²) in [7, 11) is 0. The monoisotopic (exact) mass is 1070 g/mol. The van der Waals surface area contributed by atoms with Crippen LogP contribution in [-0.2, 0) is 36.6 Å². The first-order valence-corrected chi connectivity index (χ1v) is 25.7. The summed E-state index contributed by atoms with van der Waals surface area (Å²) >= 11 is 0. The summed E-state index contributed by atoms with van der Waals surface area (Å²) in [6.45, 7) is 2.34. The number of carboxylic acids is 1. The number of hydrogen-bond acceptors (Lipinski definition) is 20. The van der Waals surface area contributed by atoms with Gasteiger partial charge in [0.1, 0.15) is 52.6 Å². The number of aliphatic carboxylic acids is 1. The largest absolute Gasteiger partial charge is 0.507 e. The summed E-state index contributed by atoms with van der Waals surface area (Å²) < 4.78 is 32.1. The van der Waals surface area contributed by atoms with Crippen molar-refractivity contribution in [2.75, 3.05) is 13.2 Å². The number of dihydropyridines is 1. The van der Waals surface area contributed by atoms with Gasteiger partial charge < -0.3 is 89.8 Å². The second kappa shape index (κ2) is 18.2. The minimum Gasteiger partial charge on any atom is -0.507 e. The highest BCUT2D eigenvalue weighted by Crippen LogP contribution is 2.62. The summed E-state index contributed by atoms with van der Waals surface area (Å²) in [5.74, 6) is 1.13. The number of phenols is 3. The lowest BCUT2D eigenvalue weighted by Gasteiger charge is -2.62. The number of aromatic amines is 1. The van der Waals surface area contributed by atoms with Gasteiger partial charge in [-0.15, -0.1) is 0 Å². The van der Waals surface area contributed by atoms with Crippen molar-refractivity contribution in [2.45, 2.75) is 130 Å². The average molecular weight is 1070 g/mol. The number of benzene rings is 2. The van der Waals surface area contributed by atoms with Gasteiger partial charge in [0, 0.05) is 77.0 Å². The van der Waals surface area contributed by atoms with Crippen LogP contribution in [0.2, 0.25) is 0 Å². The standard InChI is InChI=1S/C56H55N3O19/c1-25-6-14-58-48-31(25)18-29(24-59-48)32-20-30-21-33-26(7-15-57-33)5-13-52(9-2-3-10-52)56(73)47(69)46(68)55(30,78-54(56)12-4-11-53(50(70)71)45(67)43(65)44(66)49(77-53)75-51(54)72)76-38-23-37-40(42(64)39(32)38)34(61)22-36(74-37)28-17-27(8-16-60)41(63)35(62)19-28/h7,15,17-20,22-25,32,43-49,57-60,62-69,73H,2-3,6,8-10,12,14,16,21H2,1H3,(H,70,71)/t25-,32-,43+,44+,45-,46+,47+,48?,49-,53-,54+,55-,56+/m0/s1. The molecule has 14 N–H and O–H groups in total. The molecule has 0 radical (unpaired) electrons. The molecule has 13 rings (SSSR count). The summed E-state index contributed by atoms with van der Waals surface area (Å²) in [6, 6.07) is 6.46. The Morgan fingerprint density at radius 3 is 2.49 bits per heavy atom. The highest BCUT2D eigenvalue weighted by Gasteiger charge is 2.80. The van der Waals surface area contributed by atoms with Crippen LogP contribution in [0.5, 0.6) is 23.0 Å². The van der Waals surface area contributed by atoms with Crippen molar-refractivity contribution in [3.05, 3.63) is 104 Å². The van der Waals surface area contributed by atoms with Crippen LogP contribution >= 0.6 is 0 Å². The maximum absolute atomic E-state index is 15.8. The molecule has 78 heavy (non-hydrogen) atoms. The van der Waals surface area contributed by atoms with Gasteiger partial charge in [0.25, 0.3) is 11.4 Å². The fourth-order valence-corrected chi connectivity index (χ4v) is 13.0. The van der Waals surface area contributed by atoms with Gasteiger partial charge in [-0.25, -0.2) is 9.59 Å². The first-order valence-electron chi connectivity index (χ1n) is 25.7. The third-order valence-electron chi connectivity index (χ3n) is 17.2. The summed E-state index contributed by atoms with van der Waals surface area (Å²) in [4.78, 5) is 46.6. The predicted octanol–water partition coefficient (Wildman–Crippen LogP) is 0.510. The van der Waals surface area contributed by atoms with E-state index in [9.17, 15) is 65.8 Å². The Balaban J connectivity index is 1.16. The lowest BCUT2D eigenvalue weighted by atomic mass is 9.56. The van der Waals surface area contributed by atoms with Gasteiger partial charge >= 0.3 is 11.9 Å². The van der Waals surface area contributed by atoms with Crippen LogP contribution in [0.25, 0.3) is 22.3 Å². The number of carbonyl (C=O) groups is 2. The first kappa shape index (κ1) is 51.6. The molecule has 0 amide bonds. The molecule has 1 saturated carbocycles. The highest BCUT2D eigenvalue weighted by molar-refractivity contribution is 5.90. The van der Waals surface area contributed by atoms with Crippen molar-refractivity contribution in [2.24, 2.45) is 11.3 Å². The van der Waals surface area contributed by atoms with E-state index in [2.05, 4.69) is 46.2 Å². The Kier molecular flexibility index (Phi) is 12.0. The van der Waals surface area contributed by atoms with Crippen LogP contribution in [-0.4, -0.2) is 152 Å². The lowest BCUT2D eigenvalue weighted by molar-refractivity contribution is -0.394. The zero-order valence-corrected chi connectivity index (χ0v) is 41.6. The Morgan fingerprint density at radius 1 is 0.949 bits per heavy atom. The SMILES string of the molecule is C[C@H]1CCNC2NC=C([C@@H]3C=C4Cc5[nH]ccc5C#CC5(CCCC5)[C@]5(O)[C@H](O)[C@@H](O)[C@@]4(Oc4cc6oc(-c7cc(O)c(O)c(CCO)c7)cc(=O)c6c(O)c43)O[C@@]53CC#C[C@]4(C(=O)O)O[C@H](OC3=O)[C@H](O)[C@@H](O)[C@@H]4O)C=C21. The summed E-state index contributed by atoms with van der Waals surface area (Å²) in [6.07, 6.45) is -8.14. The third-order valence-corrected chi connectivity index (χ3v) is 17.2. The van der Waals surface area contributed by atoms with Gasteiger partial charge in [-0.2, -0.15) is 0 Å². The minimum absolute atomic E-state index is 0.0298. The second-order valence-corrected chi connectivity index (χ2v) is 21.4. The van der Waals surface area contributed by atoms with E-state index in [4.69, 9.17) is 23.4 Å². The van der Waals surface area contributed by atoms with Gasteiger partial charge in [-0.05, 0) is 67.5 Å². The molecule has 3 spiro atoms. The number of nitrogens with one attached hydrogen (secondary N) is 3. The predicted molar refractivity (Wildman–Crippen MR) is 268 cm³/mol. The maximum atomic E-state index is 15.8. The Bertz CT molecular complexity index is 3520. The lowest BCUT2D eigenvalue weighted by Crippen LogP contribution is -2.83. The number of aromatic nitrogens is 1. The Labute approximate surface area is 442 Å². The van der Waals surface area contributed by atoms with E-state index in [0.717, 1.165) is 24.1 Å². The van der Waals surface area contributed by atoms with Gasteiger partial charge in [0.15, 0.2) is 28.6 Å². The smallest absolute Gasteiger partial charge is 0.351 e. The van der Waals surface area contributed by atoms with Crippen molar-refractivity contribution >= 4 is 22.9 Å². The van der Waals surface area contributed by atoms with E-state index in [-0.39, 0.29) is 82.5 Å². The maximum Gasteiger partial charge on any atom is 0.351 e. The number of rotatable bonds is 5. The molecule has 7 aliphatic heterocycles. The molecule has 1 unspecified atom stereocenters. The van der Waals surface area contributed by atoms with Crippen LogP contribution < -0.4 is 20.8 Å². The average Bonchev–Trinajstić information content (AvgIpc) is 2.40. The van der Waals surface area contributed by atoms with E-state index in [0.29, 0.717) is 36.2 Å². The van der Waals surface area contributed by atoms with Crippen LogP contribution in [0.15, 0.2) is 80.8 Å². The van der Waals surface area contributed by atoms with Gasteiger partial charge in [-0.1, -0.05) is 55.6 Å². The zero-order chi connectivity index (χ0) is 55.0. The number of aromatic hydroxyl groups is 3. The molecule has 22 heteroatoms. The number of esters is 1. The number of carbonyl (C=O) groups excluding carboxylic acids is 1. The van der Waals surface area contributed by atoms with Gasteiger partial charge in [0.2, 0.25) is 11.9 Å². The topological polar surface area (TPSA) is 364 Å². The van der Waals surface area contributed by atoms with Crippen LogP contribution in [0.4, 0.5) is 0 Å². The Morgan fingerprint density at radius 2 is 1.73 bits per heavy atom. The summed E-state index contributed by atoms with van der Waals surface area (Å²) in [5, 5.41) is 135. The molecule has 22 nitrogen and oxygen atoms in total. The van der Waals surface area contributed by atoms with Crippen molar-refractivity contribution < 1.29 is 89.1 Å². The minimum atomic E-state index is -3.17. The molecule has 4 bridgehead atoms. The van der Waals surface area contributed by atoms with E-state index >= 15 is 4.79 Å². The number of aliphatic hydroxyl groups is 7. The van der Waals surface area contributed by atoms with E-state index in [1.807, 2.05) is 6.08 Å². The first-order chi connectivity index (χ1) is 37.2. The molecule has 3 saturated heterocycles. The zero-order valence-electron chi connectivity index (χ0n) is 41.6. The quantitative estimate of drug-likeness (QED) is 0.0560. The second-order valence-electron chi connectivity index (χ2n) is 21.4. The number of phenolic OH excluding ortho intramolecular Hbond substituents is 3. The number of ether oxygens (including phenoxy) is 4. The molecular weight excluding hydrogens is 1020 g/mol. The summed E-state index contributed by atoms with van der Waals surface area (Å²) in [5.41, 5.74) is -10.2. The van der Waals surface area contributed by atoms with Gasteiger partial charge in [0.05, 0.1) is 18.0 Å². The number of piperidine rings is 1. The molecule has 9 heterocycles. The number of carboxylic acid groups (broad SMARTS) is 1. The molecule has 408 valence electrons. The molecule has 4 fully saturated rings. The molecule has 9 aliphatic rings. The van der Waals surface area contributed by atoms with E-state index in [1.165, 1.54) is 12.1 Å².